The van der Waals surface area contributed by atoms with Gasteiger partial charge in [-0.15, -0.1) is 0 Å². The molecule has 0 spiro atoms. The van der Waals surface area contributed by atoms with Gasteiger partial charge >= 0.3 is 12.0 Å². The minimum atomic E-state index is -1.10. The molecule has 2 aliphatic rings. The zero-order valence-corrected chi connectivity index (χ0v) is 12.8. The fourth-order valence-corrected chi connectivity index (χ4v) is 3.18. The van der Waals surface area contributed by atoms with E-state index in [0.717, 1.165) is 32.1 Å². The van der Waals surface area contributed by atoms with Crippen LogP contribution in [0.2, 0.25) is 0 Å². The molecule has 1 atom stereocenters. The standard InChI is InChI=1S/C15H26N2O4/c1-15(13(19)20)8-2-3-10-17(15)14(21)16(9-5-11-18)12-6-4-7-12/h12,18H,2-11H2,1H3,(H,19,20). The molecule has 2 N–H and O–H groups in total. The Hall–Kier alpha value is -1.30. The highest BCUT2D eigenvalue weighted by Gasteiger charge is 2.46. The summed E-state index contributed by atoms with van der Waals surface area (Å²) in [5.41, 5.74) is -1.10. The van der Waals surface area contributed by atoms with Gasteiger partial charge in [0.05, 0.1) is 0 Å². The van der Waals surface area contributed by atoms with Crippen molar-refractivity contribution >= 4 is 12.0 Å². The van der Waals surface area contributed by atoms with Crippen LogP contribution in [0, 0.1) is 0 Å². The fourth-order valence-electron chi connectivity index (χ4n) is 3.18. The molecule has 0 aromatic rings. The second-order valence-electron chi connectivity index (χ2n) is 6.33. The van der Waals surface area contributed by atoms with Gasteiger partial charge in [-0.25, -0.2) is 9.59 Å². The maximum Gasteiger partial charge on any atom is 0.329 e. The smallest absolute Gasteiger partial charge is 0.329 e. The van der Waals surface area contributed by atoms with Crippen molar-refractivity contribution in [2.75, 3.05) is 19.7 Å². The van der Waals surface area contributed by atoms with E-state index in [2.05, 4.69) is 0 Å². The average molecular weight is 298 g/mol. The van der Waals surface area contributed by atoms with Crippen molar-refractivity contribution in [2.45, 2.75) is 63.5 Å². The molecule has 1 aliphatic carbocycles. The maximum atomic E-state index is 12.9. The summed E-state index contributed by atoms with van der Waals surface area (Å²) in [4.78, 5) is 27.8. The van der Waals surface area contributed by atoms with Crippen LogP contribution in [0.25, 0.3) is 0 Å². The lowest BCUT2D eigenvalue weighted by Crippen LogP contribution is -2.62. The monoisotopic (exact) mass is 298 g/mol. The molecular formula is C15H26N2O4. The van der Waals surface area contributed by atoms with E-state index in [4.69, 9.17) is 5.11 Å². The van der Waals surface area contributed by atoms with Crippen molar-refractivity contribution in [3.05, 3.63) is 0 Å². The van der Waals surface area contributed by atoms with E-state index in [0.29, 0.717) is 25.9 Å². The van der Waals surface area contributed by atoms with Gasteiger partial charge in [-0.2, -0.15) is 0 Å². The number of carbonyl (C=O) groups excluding carboxylic acids is 1. The molecule has 2 amide bonds. The normalized spacial score (nSPS) is 26.3. The second kappa shape index (κ2) is 6.64. The van der Waals surface area contributed by atoms with Crippen molar-refractivity contribution < 1.29 is 19.8 Å². The van der Waals surface area contributed by atoms with Gasteiger partial charge in [-0.05, 0) is 51.9 Å². The van der Waals surface area contributed by atoms with Gasteiger partial charge in [0.2, 0.25) is 0 Å². The molecule has 1 unspecified atom stereocenters. The molecule has 0 aromatic heterocycles. The number of hydrogen-bond acceptors (Lipinski definition) is 3. The Bertz CT molecular complexity index is 397. The number of nitrogens with zero attached hydrogens (tertiary/aromatic N) is 2. The molecule has 6 heteroatoms. The molecule has 0 radical (unpaired) electrons. The number of likely N-dealkylation sites (tertiary alicyclic amines) is 1. The van der Waals surface area contributed by atoms with Gasteiger partial charge in [0.25, 0.3) is 0 Å². The van der Waals surface area contributed by atoms with Crippen molar-refractivity contribution in [1.29, 1.82) is 0 Å². The molecule has 21 heavy (non-hydrogen) atoms. The summed E-state index contributed by atoms with van der Waals surface area (Å²) in [6.07, 6.45) is 5.82. The zero-order chi connectivity index (χ0) is 15.5. The van der Waals surface area contributed by atoms with Crippen LogP contribution >= 0.6 is 0 Å². The van der Waals surface area contributed by atoms with E-state index in [1.807, 2.05) is 0 Å². The lowest BCUT2D eigenvalue weighted by Gasteiger charge is -2.47. The van der Waals surface area contributed by atoms with Crippen LogP contribution in [0.4, 0.5) is 4.79 Å². The van der Waals surface area contributed by atoms with Crippen LogP contribution in [0.15, 0.2) is 0 Å². The Labute approximate surface area is 125 Å². The highest BCUT2D eigenvalue weighted by Crippen LogP contribution is 2.32. The molecular weight excluding hydrogens is 272 g/mol. The quantitative estimate of drug-likeness (QED) is 0.809. The maximum absolute atomic E-state index is 12.9. The van der Waals surface area contributed by atoms with Gasteiger partial charge < -0.3 is 20.0 Å². The Morgan fingerprint density at radius 1 is 1.29 bits per heavy atom. The number of carboxylic acid groups (broad SMARTS) is 1. The molecule has 0 bridgehead atoms. The van der Waals surface area contributed by atoms with Crippen LogP contribution in [0.5, 0.6) is 0 Å². The van der Waals surface area contributed by atoms with Gasteiger partial charge in [0.15, 0.2) is 0 Å². The molecule has 120 valence electrons. The first-order valence-electron chi connectivity index (χ1n) is 7.93. The van der Waals surface area contributed by atoms with Crippen LogP contribution in [-0.2, 0) is 4.79 Å². The lowest BCUT2D eigenvalue weighted by molar-refractivity contribution is -0.151. The average Bonchev–Trinajstić information content (AvgIpc) is 2.41. The molecule has 2 rings (SSSR count). The number of aliphatic carboxylic acids is 1. The van der Waals surface area contributed by atoms with Crippen molar-refractivity contribution in [3.8, 4) is 0 Å². The molecule has 1 aliphatic heterocycles. The fraction of sp³-hybridized carbons (Fsp3) is 0.867. The molecule has 1 saturated carbocycles. The number of carboxylic acids is 1. The summed E-state index contributed by atoms with van der Waals surface area (Å²) in [6, 6.07) is 0.0433. The molecule has 1 saturated heterocycles. The number of carbonyl (C=O) groups is 2. The highest BCUT2D eigenvalue weighted by molar-refractivity contribution is 5.86. The lowest BCUT2D eigenvalue weighted by atomic mass is 9.88. The molecule has 2 fully saturated rings. The predicted molar refractivity (Wildman–Crippen MR) is 78.0 cm³/mol. The van der Waals surface area contributed by atoms with E-state index in [1.54, 1.807) is 11.8 Å². The van der Waals surface area contributed by atoms with E-state index in [-0.39, 0.29) is 18.7 Å². The van der Waals surface area contributed by atoms with Gasteiger partial charge in [0, 0.05) is 25.7 Å². The summed E-state index contributed by atoms with van der Waals surface area (Å²) in [5.74, 6) is -0.925. The van der Waals surface area contributed by atoms with Crippen LogP contribution in [0.3, 0.4) is 0 Å². The Kier molecular flexibility index (Phi) is 5.08. The number of urea groups is 1. The first-order chi connectivity index (χ1) is 10.0. The third kappa shape index (κ3) is 3.15. The summed E-state index contributed by atoms with van der Waals surface area (Å²) in [6.45, 7) is 2.71. The van der Waals surface area contributed by atoms with Crippen LogP contribution < -0.4 is 0 Å². The zero-order valence-electron chi connectivity index (χ0n) is 12.8. The molecule has 6 nitrogen and oxygen atoms in total. The third-order valence-corrected chi connectivity index (χ3v) is 4.90. The van der Waals surface area contributed by atoms with E-state index < -0.39 is 11.5 Å². The highest BCUT2D eigenvalue weighted by atomic mass is 16.4. The van der Waals surface area contributed by atoms with Crippen molar-refractivity contribution in [3.63, 3.8) is 0 Å². The Morgan fingerprint density at radius 3 is 2.52 bits per heavy atom. The minimum Gasteiger partial charge on any atom is -0.480 e. The number of aliphatic hydroxyl groups excluding tert-OH is 1. The van der Waals surface area contributed by atoms with Gasteiger partial charge in [-0.1, -0.05) is 0 Å². The SMILES string of the molecule is CC1(C(=O)O)CCCCN1C(=O)N(CCCO)C1CCC1. The molecule has 1 heterocycles. The summed E-state index contributed by atoms with van der Waals surface area (Å²) in [7, 11) is 0. The second-order valence-corrected chi connectivity index (χ2v) is 6.33. The Morgan fingerprint density at radius 2 is 2.00 bits per heavy atom. The Balaban J connectivity index is 2.14. The first kappa shape index (κ1) is 16.1. The number of aliphatic hydroxyl groups is 1. The van der Waals surface area contributed by atoms with Gasteiger partial charge in [0.1, 0.15) is 5.54 Å². The predicted octanol–water partition coefficient (Wildman–Crippen LogP) is 1.67. The van der Waals surface area contributed by atoms with E-state index >= 15 is 0 Å². The number of piperidine rings is 1. The summed E-state index contributed by atoms with van der Waals surface area (Å²) < 4.78 is 0. The minimum absolute atomic E-state index is 0.0483. The largest absolute Gasteiger partial charge is 0.480 e. The van der Waals surface area contributed by atoms with E-state index in [1.165, 1.54) is 4.90 Å². The molecule has 0 aromatic carbocycles. The first-order valence-corrected chi connectivity index (χ1v) is 7.93. The number of rotatable bonds is 5. The van der Waals surface area contributed by atoms with Crippen LogP contribution in [0.1, 0.15) is 51.9 Å². The van der Waals surface area contributed by atoms with Gasteiger partial charge in [-0.3, -0.25) is 0 Å². The van der Waals surface area contributed by atoms with Crippen LogP contribution in [-0.4, -0.2) is 63.3 Å². The number of hydrogen-bond donors (Lipinski definition) is 2. The summed E-state index contributed by atoms with van der Waals surface area (Å²) >= 11 is 0. The van der Waals surface area contributed by atoms with E-state index in [9.17, 15) is 14.7 Å². The number of amides is 2. The third-order valence-electron chi connectivity index (χ3n) is 4.90. The van der Waals surface area contributed by atoms with Crippen molar-refractivity contribution in [2.24, 2.45) is 0 Å². The van der Waals surface area contributed by atoms with Crippen molar-refractivity contribution in [1.82, 2.24) is 9.80 Å². The summed E-state index contributed by atoms with van der Waals surface area (Å²) in [5, 5.41) is 18.6. The topological polar surface area (TPSA) is 81.1 Å².